The Bertz CT molecular complexity index is 584. The molecule has 0 radical (unpaired) electrons. The molecule has 1 N–H and O–H groups in total. The van der Waals surface area contributed by atoms with Crippen LogP contribution < -0.4 is 10.1 Å². The molecular formula is C15H14ClNO2. The smallest absolute Gasteiger partial charge is 0.251 e. The van der Waals surface area contributed by atoms with Gasteiger partial charge in [-0.1, -0.05) is 29.8 Å². The van der Waals surface area contributed by atoms with Gasteiger partial charge in [-0.15, -0.1) is 0 Å². The Morgan fingerprint density at radius 1 is 1.21 bits per heavy atom. The first-order valence-corrected chi connectivity index (χ1v) is 6.23. The molecule has 0 saturated heterocycles. The summed E-state index contributed by atoms with van der Waals surface area (Å²) < 4.78 is 5.13. The van der Waals surface area contributed by atoms with Crippen molar-refractivity contribution in [3.8, 4) is 5.75 Å². The van der Waals surface area contributed by atoms with Crippen molar-refractivity contribution in [3.05, 3.63) is 64.7 Å². The highest BCUT2D eigenvalue weighted by atomic mass is 35.5. The molecule has 0 aliphatic carbocycles. The van der Waals surface area contributed by atoms with Gasteiger partial charge in [-0.3, -0.25) is 4.79 Å². The summed E-state index contributed by atoms with van der Waals surface area (Å²) in [6.07, 6.45) is 0. The first-order chi connectivity index (χ1) is 9.19. The van der Waals surface area contributed by atoms with Gasteiger partial charge in [0, 0.05) is 17.1 Å². The van der Waals surface area contributed by atoms with Crippen LogP contribution in [0, 0.1) is 0 Å². The largest absolute Gasteiger partial charge is 0.497 e. The standard InChI is InChI=1S/C15H14ClNO2/c1-19-14-7-2-4-11(8-14)10-17-15(18)12-5-3-6-13(16)9-12/h2-9H,10H2,1H3,(H,17,18). The third-order valence-electron chi connectivity index (χ3n) is 2.67. The molecule has 0 fully saturated rings. The van der Waals surface area contributed by atoms with Crippen LogP contribution in [0.15, 0.2) is 48.5 Å². The highest BCUT2D eigenvalue weighted by Crippen LogP contribution is 2.13. The lowest BCUT2D eigenvalue weighted by molar-refractivity contribution is 0.0951. The van der Waals surface area contributed by atoms with E-state index >= 15 is 0 Å². The van der Waals surface area contributed by atoms with Gasteiger partial charge in [-0.2, -0.15) is 0 Å². The Morgan fingerprint density at radius 3 is 2.74 bits per heavy atom. The van der Waals surface area contributed by atoms with Crippen LogP contribution in [0.4, 0.5) is 0 Å². The van der Waals surface area contributed by atoms with E-state index in [-0.39, 0.29) is 5.91 Å². The zero-order chi connectivity index (χ0) is 13.7. The maximum absolute atomic E-state index is 11.9. The predicted octanol–water partition coefficient (Wildman–Crippen LogP) is 3.28. The lowest BCUT2D eigenvalue weighted by Crippen LogP contribution is -2.22. The minimum Gasteiger partial charge on any atom is -0.497 e. The van der Waals surface area contributed by atoms with E-state index in [9.17, 15) is 4.79 Å². The summed E-state index contributed by atoms with van der Waals surface area (Å²) in [6, 6.07) is 14.4. The number of hydrogen-bond donors (Lipinski definition) is 1. The van der Waals surface area contributed by atoms with Crippen molar-refractivity contribution in [2.75, 3.05) is 7.11 Å². The summed E-state index contributed by atoms with van der Waals surface area (Å²) in [6.45, 7) is 0.447. The van der Waals surface area contributed by atoms with Gasteiger partial charge in [0.05, 0.1) is 7.11 Å². The third-order valence-corrected chi connectivity index (χ3v) is 2.91. The lowest BCUT2D eigenvalue weighted by atomic mass is 10.2. The van der Waals surface area contributed by atoms with Crippen LogP contribution in [0.2, 0.25) is 5.02 Å². The topological polar surface area (TPSA) is 38.3 Å². The highest BCUT2D eigenvalue weighted by molar-refractivity contribution is 6.30. The second-order valence-electron chi connectivity index (χ2n) is 4.04. The molecule has 0 atom stereocenters. The summed E-state index contributed by atoms with van der Waals surface area (Å²) in [5, 5.41) is 3.39. The SMILES string of the molecule is COc1cccc(CNC(=O)c2cccc(Cl)c2)c1. The van der Waals surface area contributed by atoms with E-state index in [1.54, 1.807) is 31.4 Å². The normalized spacial score (nSPS) is 10.0. The van der Waals surface area contributed by atoms with Crippen molar-refractivity contribution < 1.29 is 9.53 Å². The molecule has 2 aromatic carbocycles. The van der Waals surface area contributed by atoms with Crippen molar-refractivity contribution >= 4 is 17.5 Å². The summed E-state index contributed by atoms with van der Waals surface area (Å²) in [5.74, 6) is 0.625. The van der Waals surface area contributed by atoms with Crippen molar-refractivity contribution in [1.29, 1.82) is 0 Å². The zero-order valence-electron chi connectivity index (χ0n) is 10.5. The Balaban J connectivity index is 2.00. The molecule has 0 saturated carbocycles. The van der Waals surface area contributed by atoms with Crippen molar-refractivity contribution in [1.82, 2.24) is 5.32 Å². The molecular weight excluding hydrogens is 262 g/mol. The zero-order valence-corrected chi connectivity index (χ0v) is 11.3. The van der Waals surface area contributed by atoms with E-state index in [1.165, 1.54) is 0 Å². The molecule has 0 heterocycles. The van der Waals surface area contributed by atoms with Crippen LogP contribution in [-0.2, 0) is 6.54 Å². The van der Waals surface area contributed by atoms with Crippen molar-refractivity contribution in [2.24, 2.45) is 0 Å². The summed E-state index contributed by atoms with van der Waals surface area (Å²) >= 11 is 5.85. The average molecular weight is 276 g/mol. The van der Waals surface area contributed by atoms with Crippen LogP contribution >= 0.6 is 11.6 Å². The van der Waals surface area contributed by atoms with Crippen LogP contribution in [0.3, 0.4) is 0 Å². The maximum atomic E-state index is 11.9. The van der Waals surface area contributed by atoms with E-state index in [0.717, 1.165) is 11.3 Å². The molecule has 0 bridgehead atoms. The number of carbonyl (C=O) groups is 1. The lowest BCUT2D eigenvalue weighted by Gasteiger charge is -2.07. The fraction of sp³-hybridized carbons (Fsp3) is 0.133. The molecule has 3 nitrogen and oxygen atoms in total. The molecule has 2 rings (SSSR count). The summed E-state index contributed by atoms with van der Waals surface area (Å²) in [5.41, 5.74) is 1.53. The molecule has 1 amide bonds. The number of amides is 1. The van der Waals surface area contributed by atoms with Crippen LogP contribution in [-0.4, -0.2) is 13.0 Å². The first kappa shape index (κ1) is 13.4. The van der Waals surface area contributed by atoms with Gasteiger partial charge in [-0.25, -0.2) is 0 Å². The van der Waals surface area contributed by atoms with Gasteiger partial charge in [0.1, 0.15) is 5.75 Å². The first-order valence-electron chi connectivity index (χ1n) is 5.86. The molecule has 0 spiro atoms. The maximum Gasteiger partial charge on any atom is 0.251 e. The Morgan fingerprint density at radius 2 is 2.00 bits per heavy atom. The molecule has 0 unspecified atom stereocenters. The summed E-state index contributed by atoms with van der Waals surface area (Å²) in [4.78, 5) is 11.9. The van der Waals surface area contributed by atoms with Gasteiger partial charge >= 0.3 is 0 Å². The van der Waals surface area contributed by atoms with Crippen molar-refractivity contribution in [3.63, 3.8) is 0 Å². The molecule has 0 aliphatic heterocycles. The fourth-order valence-electron chi connectivity index (χ4n) is 1.70. The molecule has 2 aromatic rings. The van der Waals surface area contributed by atoms with Crippen LogP contribution in [0.5, 0.6) is 5.75 Å². The van der Waals surface area contributed by atoms with Crippen molar-refractivity contribution in [2.45, 2.75) is 6.54 Å². The van der Waals surface area contributed by atoms with Gasteiger partial charge in [-0.05, 0) is 35.9 Å². The Labute approximate surface area is 117 Å². The van der Waals surface area contributed by atoms with E-state index in [1.807, 2.05) is 24.3 Å². The van der Waals surface area contributed by atoms with Crippen LogP contribution in [0.1, 0.15) is 15.9 Å². The second-order valence-corrected chi connectivity index (χ2v) is 4.48. The number of nitrogens with one attached hydrogen (secondary N) is 1. The number of ether oxygens (including phenoxy) is 1. The van der Waals surface area contributed by atoms with E-state index < -0.39 is 0 Å². The highest BCUT2D eigenvalue weighted by Gasteiger charge is 2.05. The minimum absolute atomic E-state index is 0.148. The monoisotopic (exact) mass is 275 g/mol. The predicted molar refractivity (Wildman–Crippen MR) is 75.6 cm³/mol. The molecule has 0 aliphatic rings. The number of halogens is 1. The summed E-state index contributed by atoms with van der Waals surface area (Å²) in [7, 11) is 1.61. The van der Waals surface area contributed by atoms with Crippen LogP contribution in [0.25, 0.3) is 0 Å². The van der Waals surface area contributed by atoms with Gasteiger partial charge < -0.3 is 10.1 Å². The second kappa shape index (κ2) is 6.25. The molecule has 0 aromatic heterocycles. The molecule has 98 valence electrons. The quantitative estimate of drug-likeness (QED) is 0.930. The number of hydrogen-bond acceptors (Lipinski definition) is 2. The average Bonchev–Trinajstić information content (AvgIpc) is 2.45. The minimum atomic E-state index is -0.148. The van der Waals surface area contributed by atoms with Gasteiger partial charge in [0.15, 0.2) is 0 Å². The van der Waals surface area contributed by atoms with E-state index in [2.05, 4.69) is 5.32 Å². The number of benzene rings is 2. The Kier molecular flexibility index (Phi) is 4.42. The van der Waals surface area contributed by atoms with Gasteiger partial charge in [0.25, 0.3) is 5.91 Å². The number of methoxy groups -OCH3 is 1. The Hall–Kier alpha value is -2.00. The molecule has 4 heteroatoms. The third kappa shape index (κ3) is 3.73. The van der Waals surface area contributed by atoms with Gasteiger partial charge in [0.2, 0.25) is 0 Å². The fourth-order valence-corrected chi connectivity index (χ4v) is 1.89. The number of rotatable bonds is 4. The van der Waals surface area contributed by atoms with E-state index in [4.69, 9.17) is 16.3 Å². The number of carbonyl (C=O) groups excluding carboxylic acids is 1. The van der Waals surface area contributed by atoms with E-state index in [0.29, 0.717) is 17.1 Å². The molecule has 19 heavy (non-hydrogen) atoms.